The van der Waals surface area contributed by atoms with Crippen LogP contribution in [0.4, 0.5) is 5.69 Å². The molecule has 0 radical (unpaired) electrons. The summed E-state index contributed by atoms with van der Waals surface area (Å²) in [5.74, 6) is 1.12. The molecule has 30 heavy (non-hydrogen) atoms. The van der Waals surface area contributed by atoms with Crippen LogP contribution in [0.25, 0.3) is 0 Å². The van der Waals surface area contributed by atoms with E-state index in [9.17, 15) is 9.59 Å². The van der Waals surface area contributed by atoms with Crippen molar-refractivity contribution in [1.82, 2.24) is 10.5 Å². The largest absolute Gasteiger partial charge is 0.486 e. The first-order valence-electron chi connectivity index (χ1n) is 9.01. The molecular formula is C21H17N3O5S. The second-order valence-corrected chi connectivity index (χ2v) is 7.13. The lowest BCUT2D eigenvalue weighted by Crippen LogP contribution is -2.22. The zero-order chi connectivity index (χ0) is 20.8. The van der Waals surface area contributed by atoms with Gasteiger partial charge < -0.3 is 24.3 Å². The van der Waals surface area contributed by atoms with E-state index in [4.69, 9.17) is 13.7 Å². The van der Waals surface area contributed by atoms with Crippen molar-refractivity contribution in [3.63, 3.8) is 0 Å². The number of thiophene rings is 1. The number of benzene rings is 1. The average Bonchev–Trinajstić information content (AvgIpc) is 3.54. The van der Waals surface area contributed by atoms with Gasteiger partial charge in [0.15, 0.2) is 11.5 Å². The average molecular weight is 423 g/mol. The van der Waals surface area contributed by atoms with E-state index in [1.165, 1.54) is 23.7 Å². The third-order valence-electron chi connectivity index (χ3n) is 4.03. The Morgan fingerprint density at radius 1 is 1.03 bits per heavy atom. The number of carbonyl (C=O) groups is 2. The van der Waals surface area contributed by atoms with Gasteiger partial charge in [0, 0.05) is 11.8 Å². The molecule has 0 aliphatic rings. The monoisotopic (exact) mass is 423 g/mol. The minimum atomic E-state index is -0.368. The number of hydrogen-bond acceptors (Lipinski definition) is 7. The smallest absolute Gasteiger partial charge is 0.273 e. The summed E-state index contributed by atoms with van der Waals surface area (Å²) in [6, 6.07) is 15.6. The summed E-state index contributed by atoms with van der Waals surface area (Å²) in [4.78, 5) is 24.8. The Morgan fingerprint density at radius 3 is 2.63 bits per heavy atom. The van der Waals surface area contributed by atoms with Gasteiger partial charge in [-0.25, -0.2) is 0 Å². The van der Waals surface area contributed by atoms with Crippen LogP contribution in [0.3, 0.4) is 0 Å². The van der Waals surface area contributed by atoms with Crippen molar-refractivity contribution in [2.24, 2.45) is 0 Å². The van der Waals surface area contributed by atoms with E-state index >= 15 is 0 Å². The highest BCUT2D eigenvalue weighted by Crippen LogP contribution is 2.19. The van der Waals surface area contributed by atoms with E-state index in [0.29, 0.717) is 27.8 Å². The first-order chi connectivity index (χ1) is 14.7. The minimum Gasteiger partial charge on any atom is -0.486 e. The van der Waals surface area contributed by atoms with Crippen molar-refractivity contribution in [3.05, 3.63) is 88.3 Å². The van der Waals surface area contributed by atoms with E-state index in [0.717, 1.165) is 0 Å². The SMILES string of the molecule is O=C(NCc1ccco1)c1cc(COc2ccc(NC(=O)c3cccs3)cc2)on1. The Kier molecular flexibility index (Phi) is 5.90. The molecule has 2 N–H and O–H groups in total. The molecule has 3 aromatic heterocycles. The van der Waals surface area contributed by atoms with Crippen LogP contribution < -0.4 is 15.4 Å². The standard InChI is InChI=1S/C21H17N3O5S/c25-20(22-12-16-3-1-9-27-16)18-11-17(29-24-18)13-28-15-7-5-14(6-8-15)23-21(26)19-4-2-10-30-19/h1-11H,12-13H2,(H,22,25)(H,23,26). The molecule has 4 aromatic rings. The Hall–Kier alpha value is -3.85. The van der Waals surface area contributed by atoms with Crippen molar-refractivity contribution >= 4 is 28.8 Å². The zero-order valence-corrected chi connectivity index (χ0v) is 16.5. The lowest BCUT2D eigenvalue weighted by molar-refractivity contribution is 0.0938. The highest BCUT2D eigenvalue weighted by molar-refractivity contribution is 7.12. The normalized spacial score (nSPS) is 10.5. The summed E-state index contributed by atoms with van der Waals surface area (Å²) in [6.07, 6.45) is 1.54. The fourth-order valence-corrected chi connectivity index (χ4v) is 3.17. The van der Waals surface area contributed by atoms with Gasteiger partial charge >= 0.3 is 0 Å². The van der Waals surface area contributed by atoms with Gasteiger partial charge in [-0.1, -0.05) is 11.2 Å². The number of ether oxygens (including phenoxy) is 1. The number of furan rings is 1. The highest BCUT2D eigenvalue weighted by Gasteiger charge is 2.13. The van der Waals surface area contributed by atoms with Crippen LogP contribution in [0.15, 0.2) is 75.2 Å². The van der Waals surface area contributed by atoms with Gasteiger partial charge in [-0.15, -0.1) is 11.3 Å². The molecule has 0 atom stereocenters. The van der Waals surface area contributed by atoms with E-state index in [2.05, 4.69) is 15.8 Å². The number of nitrogens with zero attached hydrogens (tertiary/aromatic N) is 1. The lowest BCUT2D eigenvalue weighted by Gasteiger charge is -2.06. The number of nitrogens with one attached hydrogen (secondary N) is 2. The second kappa shape index (κ2) is 9.10. The summed E-state index contributed by atoms with van der Waals surface area (Å²) in [5.41, 5.74) is 0.822. The predicted octanol–water partition coefficient (Wildman–Crippen LogP) is 4.09. The third-order valence-corrected chi connectivity index (χ3v) is 4.90. The summed E-state index contributed by atoms with van der Waals surface area (Å²) in [7, 11) is 0. The summed E-state index contributed by atoms with van der Waals surface area (Å²) in [6.45, 7) is 0.374. The van der Waals surface area contributed by atoms with E-state index in [1.54, 1.807) is 42.5 Å². The number of aromatic nitrogens is 1. The molecule has 4 rings (SSSR count). The summed E-state index contributed by atoms with van der Waals surface area (Å²) >= 11 is 1.38. The van der Waals surface area contributed by atoms with Crippen LogP contribution in [-0.4, -0.2) is 17.0 Å². The van der Waals surface area contributed by atoms with E-state index < -0.39 is 0 Å². The molecule has 152 valence electrons. The lowest BCUT2D eigenvalue weighted by atomic mass is 10.3. The molecule has 0 aliphatic carbocycles. The van der Waals surface area contributed by atoms with Crippen LogP contribution in [0.1, 0.15) is 31.7 Å². The van der Waals surface area contributed by atoms with Crippen molar-refractivity contribution in [2.75, 3.05) is 5.32 Å². The first-order valence-corrected chi connectivity index (χ1v) is 9.89. The van der Waals surface area contributed by atoms with Crippen molar-refractivity contribution in [1.29, 1.82) is 0 Å². The topological polar surface area (TPSA) is 107 Å². The first kappa shape index (κ1) is 19.5. The Balaban J connectivity index is 1.26. The minimum absolute atomic E-state index is 0.110. The van der Waals surface area contributed by atoms with Gasteiger partial charge in [0.1, 0.15) is 18.1 Å². The van der Waals surface area contributed by atoms with Gasteiger partial charge in [0.05, 0.1) is 17.7 Å². The molecule has 8 nitrogen and oxygen atoms in total. The predicted molar refractivity (Wildman–Crippen MR) is 109 cm³/mol. The molecule has 0 aliphatic heterocycles. The number of carbonyl (C=O) groups excluding carboxylic acids is 2. The van der Waals surface area contributed by atoms with Gasteiger partial charge in [0.25, 0.3) is 11.8 Å². The molecule has 1 aromatic carbocycles. The number of hydrogen-bond donors (Lipinski definition) is 2. The van der Waals surface area contributed by atoms with Crippen LogP contribution in [0.5, 0.6) is 5.75 Å². The molecule has 3 heterocycles. The molecule has 9 heteroatoms. The van der Waals surface area contributed by atoms with Crippen LogP contribution in [0.2, 0.25) is 0 Å². The number of anilines is 1. The maximum absolute atomic E-state index is 12.1. The third kappa shape index (κ3) is 4.95. The van der Waals surface area contributed by atoms with Crippen LogP contribution in [0, 0.1) is 0 Å². The summed E-state index contributed by atoms with van der Waals surface area (Å²) < 4.78 is 16.0. The van der Waals surface area contributed by atoms with Crippen molar-refractivity contribution in [2.45, 2.75) is 13.2 Å². The van der Waals surface area contributed by atoms with E-state index in [-0.39, 0.29) is 30.7 Å². The molecule has 2 amide bonds. The fourth-order valence-electron chi connectivity index (χ4n) is 2.55. The van der Waals surface area contributed by atoms with Gasteiger partial charge in [-0.2, -0.15) is 0 Å². The van der Waals surface area contributed by atoms with Crippen molar-refractivity contribution in [3.8, 4) is 5.75 Å². The molecular weight excluding hydrogens is 406 g/mol. The fraction of sp³-hybridized carbons (Fsp3) is 0.0952. The molecule has 0 spiro atoms. The maximum Gasteiger partial charge on any atom is 0.273 e. The summed E-state index contributed by atoms with van der Waals surface area (Å²) in [5, 5.41) is 11.1. The molecule has 0 unspecified atom stereocenters. The number of amides is 2. The van der Waals surface area contributed by atoms with E-state index in [1.807, 2.05) is 11.4 Å². The Bertz CT molecular complexity index is 1100. The van der Waals surface area contributed by atoms with Crippen LogP contribution in [-0.2, 0) is 13.2 Å². The van der Waals surface area contributed by atoms with Crippen LogP contribution >= 0.6 is 11.3 Å². The zero-order valence-electron chi connectivity index (χ0n) is 15.7. The molecule has 0 bridgehead atoms. The molecule has 0 fully saturated rings. The molecule has 0 saturated heterocycles. The van der Waals surface area contributed by atoms with Gasteiger partial charge in [0.2, 0.25) is 0 Å². The maximum atomic E-state index is 12.1. The van der Waals surface area contributed by atoms with Crippen molar-refractivity contribution < 1.29 is 23.3 Å². The second-order valence-electron chi connectivity index (χ2n) is 6.18. The number of rotatable bonds is 8. The Labute approximate surface area is 175 Å². The quantitative estimate of drug-likeness (QED) is 0.442. The van der Waals surface area contributed by atoms with Gasteiger partial charge in [-0.3, -0.25) is 9.59 Å². The molecule has 0 saturated carbocycles. The van der Waals surface area contributed by atoms with Gasteiger partial charge in [-0.05, 0) is 47.8 Å². The highest BCUT2D eigenvalue weighted by atomic mass is 32.1. The Morgan fingerprint density at radius 2 is 1.90 bits per heavy atom.